The van der Waals surface area contributed by atoms with Crippen molar-refractivity contribution in [1.82, 2.24) is 0 Å². The van der Waals surface area contributed by atoms with E-state index in [0.29, 0.717) is 0 Å². The van der Waals surface area contributed by atoms with E-state index in [1.807, 2.05) is 36.9 Å². The Labute approximate surface area is 89.9 Å². The van der Waals surface area contributed by atoms with E-state index in [-0.39, 0.29) is 6.54 Å². The van der Waals surface area contributed by atoms with E-state index in [2.05, 4.69) is 0 Å². The van der Waals surface area contributed by atoms with Crippen molar-refractivity contribution in [2.24, 2.45) is 0 Å². The predicted molar refractivity (Wildman–Crippen MR) is 61.7 cm³/mol. The number of aliphatic hydroxyl groups excluding tert-OH is 1. The van der Waals surface area contributed by atoms with Gasteiger partial charge in [0, 0.05) is 17.9 Å². The molecule has 0 heterocycles. The van der Waals surface area contributed by atoms with Crippen molar-refractivity contribution in [1.29, 1.82) is 0 Å². The summed E-state index contributed by atoms with van der Waals surface area (Å²) in [6, 6.07) is 5.66. The molecule has 0 saturated carbocycles. The highest BCUT2D eigenvalue weighted by Gasteiger charge is 2.08. The summed E-state index contributed by atoms with van der Waals surface area (Å²) in [5, 5.41) is 17.9. The molecule has 0 unspecified atom stereocenters. The minimum atomic E-state index is -1.32. The minimum absolute atomic E-state index is 0.208. The number of hydrogen-bond acceptors (Lipinski definition) is 4. The van der Waals surface area contributed by atoms with Crippen LogP contribution in [0.1, 0.15) is 12.5 Å². The fourth-order valence-electron chi connectivity index (χ4n) is 1.47. The number of nitrogens with two attached hydrogens (primary N) is 1. The quantitative estimate of drug-likeness (QED) is 0.506. The largest absolute Gasteiger partial charge is 0.399 e. The zero-order chi connectivity index (χ0) is 11.4. The van der Waals surface area contributed by atoms with Gasteiger partial charge in [0.05, 0.1) is 6.54 Å². The van der Waals surface area contributed by atoms with Crippen molar-refractivity contribution < 1.29 is 10.2 Å². The Morgan fingerprint density at radius 1 is 1.40 bits per heavy atom. The standard InChI is InChI=1S/C11H18N2O2/c1-3-13(7-11(14)15)9-4-5-10(12)8(2)6-9/h4-6,11,14-15H,3,7,12H2,1-2H3. The van der Waals surface area contributed by atoms with Crippen LogP contribution in [-0.2, 0) is 0 Å². The number of hydrogen-bond donors (Lipinski definition) is 3. The number of likely N-dealkylation sites (N-methyl/N-ethyl adjacent to an activating group) is 1. The lowest BCUT2D eigenvalue weighted by molar-refractivity contribution is -0.0320. The summed E-state index contributed by atoms with van der Waals surface area (Å²) in [6.45, 7) is 4.83. The fourth-order valence-corrected chi connectivity index (χ4v) is 1.47. The maximum absolute atomic E-state index is 8.93. The van der Waals surface area contributed by atoms with Crippen LogP contribution in [0.25, 0.3) is 0 Å². The second kappa shape index (κ2) is 5.00. The van der Waals surface area contributed by atoms with Crippen molar-refractivity contribution in [2.45, 2.75) is 20.1 Å². The van der Waals surface area contributed by atoms with Crippen LogP contribution in [-0.4, -0.2) is 29.6 Å². The number of anilines is 2. The Hall–Kier alpha value is -1.26. The van der Waals surface area contributed by atoms with Crippen molar-refractivity contribution in [3.05, 3.63) is 23.8 Å². The molecule has 1 aromatic rings. The lowest BCUT2D eigenvalue weighted by Gasteiger charge is -2.24. The van der Waals surface area contributed by atoms with Gasteiger partial charge in [-0.05, 0) is 37.6 Å². The molecule has 0 aromatic heterocycles. The molecule has 0 bridgehead atoms. The van der Waals surface area contributed by atoms with Crippen LogP contribution in [0.4, 0.5) is 11.4 Å². The average Bonchev–Trinajstić information content (AvgIpc) is 2.18. The van der Waals surface area contributed by atoms with E-state index in [0.717, 1.165) is 23.5 Å². The van der Waals surface area contributed by atoms with Crippen molar-refractivity contribution in [3.8, 4) is 0 Å². The Morgan fingerprint density at radius 3 is 2.53 bits per heavy atom. The van der Waals surface area contributed by atoms with Crippen molar-refractivity contribution >= 4 is 11.4 Å². The molecule has 1 aromatic carbocycles. The second-order valence-corrected chi connectivity index (χ2v) is 3.56. The van der Waals surface area contributed by atoms with Gasteiger partial charge in [-0.3, -0.25) is 0 Å². The number of rotatable bonds is 4. The Bertz CT molecular complexity index is 326. The van der Waals surface area contributed by atoms with E-state index < -0.39 is 6.29 Å². The van der Waals surface area contributed by atoms with Gasteiger partial charge < -0.3 is 20.8 Å². The molecule has 0 saturated heterocycles. The molecule has 1 rings (SSSR count). The van der Waals surface area contributed by atoms with E-state index in [9.17, 15) is 0 Å². The predicted octanol–water partition coefficient (Wildman–Crippen LogP) is 0.714. The Morgan fingerprint density at radius 2 is 2.07 bits per heavy atom. The third-order valence-corrected chi connectivity index (χ3v) is 2.38. The highest BCUT2D eigenvalue weighted by molar-refractivity contribution is 5.58. The summed E-state index contributed by atoms with van der Waals surface area (Å²) < 4.78 is 0. The normalized spacial score (nSPS) is 10.7. The zero-order valence-electron chi connectivity index (χ0n) is 9.14. The summed E-state index contributed by atoms with van der Waals surface area (Å²) >= 11 is 0. The molecular formula is C11H18N2O2. The van der Waals surface area contributed by atoms with E-state index in [1.165, 1.54) is 0 Å². The first kappa shape index (κ1) is 11.8. The van der Waals surface area contributed by atoms with Crippen LogP contribution in [0.2, 0.25) is 0 Å². The monoisotopic (exact) mass is 210 g/mol. The van der Waals surface area contributed by atoms with Gasteiger partial charge in [-0.15, -0.1) is 0 Å². The summed E-state index contributed by atoms with van der Waals surface area (Å²) in [6.07, 6.45) is -1.32. The number of nitrogens with zero attached hydrogens (tertiary/aromatic N) is 1. The lowest BCUT2D eigenvalue weighted by atomic mass is 10.1. The van der Waals surface area contributed by atoms with Crippen LogP contribution in [0, 0.1) is 6.92 Å². The minimum Gasteiger partial charge on any atom is -0.399 e. The van der Waals surface area contributed by atoms with Crippen LogP contribution in [0.3, 0.4) is 0 Å². The smallest absolute Gasteiger partial charge is 0.169 e. The first-order valence-corrected chi connectivity index (χ1v) is 5.01. The molecule has 4 nitrogen and oxygen atoms in total. The molecule has 0 aliphatic heterocycles. The first-order valence-electron chi connectivity index (χ1n) is 5.01. The SMILES string of the molecule is CCN(CC(O)O)c1ccc(N)c(C)c1. The number of nitrogen functional groups attached to an aromatic ring is 1. The molecule has 0 amide bonds. The van der Waals surface area contributed by atoms with E-state index in [1.54, 1.807) is 0 Å². The molecular weight excluding hydrogens is 192 g/mol. The maximum Gasteiger partial charge on any atom is 0.169 e. The Kier molecular flexibility index (Phi) is 3.94. The lowest BCUT2D eigenvalue weighted by Crippen LogP contribution is -2.32. The number of benzene rings is 1. The van der Waals surface area contributed by atoms with Crippen LogP contribution >= 0.6 is 0 Å². The van der Waals surface area contributed by atoms with Gasteiger partial charge in [-0.1, -0.05) is 0 Å². The molecule has 0 aliphatic rings. The second-order valence-electron chi connectivity index (χ2n) is 3.56. The first-order chi connectivity index (χ1) is 7.04. The van der Waals surface area contributed by atoms with E-state index >= 15 is 0 Å². The molecule has 84 valence electrons. The fraction of sp³-hybridized carbons (Fsp3) is 0.455. The average molecular weight is 210 g/mol. The third-order valence-electron chi connectivity index (χ3n) is 2.38. The van der Waals surface area contributed by atoms with Crippen LogP contribution in [0.5, 0.6) is 0 Å². The molecule has 15 heavy (non-hydrogen) atoms. The summed E-state index contributed by atoms with van der Waals surface area (Å²) in [4.78, 5) is 1.89. The summed E-state index contributed by atoms with van der Waals surface area (Å²) in [7, 11) is 0. The molecule has 0 radical (unpaired) electrons. The van der Waals surface area contributed by atoms with E-state index in [4.69, 9.17) is 15.9 Å². The zero-order valence-corrected chi connectivity index (χ0v) is 9.14. The van der Waals surface area contributed by atoms with Crippen molar-refractivity contribution in [2.75, 3.05) is 23.7 Å². The highest BCUT2D eigenvalue weighted by Crippen LogP contribution is 2.20. The molecule has 0 aliphatic carbocycles. The van der Waals surface area contributed by atoms with Crippen molar-refractivity contribution in [3.63, 3.8) is 0 Å². The molecule has 4 N–H and O–H groups in total. The number of aryl methyl sites for hydroxylation is 1. The van der Waals surface area contributed by atoms with Gasteiger partial charge in [0.2, 0.25) is 0 Å². The molecule has 4 heteroatoms. The Balaban J connectivity index is 2.87. The topological polar surface area (TPSA) is 69.7 Å². The van der Waals surface area contributed by atoms with Gasteiger partial charge >= 0.3 is 0 Å². The third kappa shape index (κ3) is 3.11. The van der Waals surface area contributed by atoms with Gasteiger partial charge in [0.15, 0.2) is 6.29 Å². The molecule has 0 fully saturated rings. The van der Waals surface area contributed by atoms with Crippen LogP contribution in [0.15, 0.2) is 18.2 Å². The highest BCUT2D eigenvalue weighted by atomic mass is 16.5. The summed E-state index contributed by atoms with van der Waals surface area (Å²) in [5.74, 6) is 0. The molecule has 0 atom stereocenters. The number of aliphatic hydroxyl groups is 2. The van der Waals surface area contributed by atoms with Gasteiger partial charge in [0.25, 0.3) is 0 Å². The van der Waals surface area contributed by atoms with Gasteiger partial charge in [-0.2, -0.15) is 0 Å². The maximum atomic E-state index is 8.93. The summed E-state index contributed by atoms with van der Waals surface area (Å²) in [5.41, 5.74) is 8.42. The molecule has 0 spiro atoms. The van der Waals surface area contributed by atoms with Gasteiger partial charge in [0.1, 0.15) is 0 Å². The van der Waals surface area contributed by atoms with Gasteiger partial charge in [-0.25, -0.2) is 0 Å². The van der Waals surface area contributed by atoms with Crippen LogP contribution < -0.4 is 10.6 Å².